The van der Waals surface area contributed by atoms with Gasteiger partial charge in [0.2, 0.25) is 0 Å². The maximum absolute atomic E-state index is 6.39. The maximum Gasteiger partial charge on any atom is 0.0345 e. The molecule has 0 spiro atoms. The predicted molar refractivity (Wildman–Crippen MR) is 91.3 cm³/mol. The molecule has 0 aliphatic carbocycles. The van der Waals surface area contributed by atoms with E-state index in [4.69, 9.17) is 5.73 Å². The van der Waals surface area contributed by atoms with E-state index in [1.54, 1.807) is 11.3 Å². The summed E-state index contributed by atoms with van der Waals surface area (Å²) in [7, 11) is 0. The van der Waals surface area contributed by atoms with Crippen LogP contribution in [-0.4, -0.2) is 0 Å². The SMILES string of the molecule is Cc1cc(C(N)Cc2csc3ccccc23)ccc1Br. The fourth-order valence-corrected chi connectivity index (χ4v) is 3.67. The Morgan fingerprint density at radius 3 is 2.80 bits per heavy atom. The third-order valence-electron chi connectivity index (χ3n) is 3.61. The fraction of sp³-hybridized carbons (Fsp3) is 0.176. The molecule has 20 heavy (non-hydrogen) atoms. The molecule has 0 aliphatic heterocycles. The fourth-order valence-electron chi connectivity index (χ4n) is 2.44. The summed E-state index contributed by atoms with van der Waals surface area (Å²) in [6.45, 7) is 2.10. The summed E-state index contributed by atoms with van der Waals surface area (Å²) in [6.07, 6.45) is 0.880. The molecule has 3 aromatic rings. The second-order valence-electron chi connectivity index (χ2n) is 5.08. The molecular weight excluding hydrogens is 330 g/mol. The number of hydrogen-bond acceptors (Lipinski definition) is 2. The average Bonchev–Trinajstić information content (AvgIpc) is 2.85. The van der Waals surface area contributed by atoms with Gasteiger partial charge in [0.1, 0.15) is 0 Å². The van der Waals surface area contributed by atoms with Crippen LogP contribution in [0.2, 0.25) is 0 Å². The van der Waals surface area contributed by atoms with E-state index in [9.17, 15) is 0 Å². The minimum absolute atomic E-state index is 0.0415. The quantitative estimate of drug-likeness (QED) is 0.692. The first kappa shape index (κ1) is 13.8. The van der Waals surface area contributed by atoms with Crippen molar-refractivity contribution in [3.8, 4) is 0 Å². The normalized spacial score (nSPS) is 12.8. The molecule has 1 unspecified atom stereocenters. The van der Waals surface area contributed by atoms with E-state index in [0.717, 1.165) is 10.9 Å². The van der Waals surface area contributed by atoms with Gasteiger partial charge in [-0.1, -0.05) is 46.3 Å². The van der Waals surface area contributed by atoms with E-state index in [2.05, 4.69) is 70.7 Å². The molecule has 1 heterocycles. The molecule has 3 rings (SSSR count). The van der Waals surface area contributed by atoms with E-state index in [1.807, 2.05) is 0 Å². The van der Waals surface area contributed by atoms with Crippen molar-refractivity contribution in [3.05, 3.63) is 69.0 Å². The van der Waals surface area contributed by atoms with Gasteiger partial charge in [-0.2, -0.15) is 0 Å². The highest BCUT2D eigenvalue weighted by Gasteiger charge is 2.11. The number of halogens is 1. The number of rotatable bonds is 3. The molecular formula is C17H16BrNS. The van der Waals surface area contributed by atoms with Gasteiger partial charge in [0.05, 0.1) is 0 Å². The van der Waals surface area contributed by atoms with Gasteiger partial charge in [-0.25, -0.2) is 0 Å². The molecule has 0 radical (unpaired) electrons. The molecule has 1 aromatic heterocycles. The lowest BCUT2D eigenvalue weighted by atomic mass is 9.98. The van der Waals surface area contributed by atoms with E-state index >= 15 is 0 Å². The molecule has 102 valence electrons. The van der Waals surface area contributed by atoms with Crippen molar-refractivity contribution in [1.29, 1.82) is 0 Å². The second kappa shape index (κ2) is 5.68. The number of hydrogen-bond donors (Lipinski definition) is 1. The topological polar surface area (TPSA) is 26.0 Å². The summed E-state index contributed by atoms with van der Waals surface area (Å²) in [6, 6.07) is 14.9. The van der Waals surface area contributed by atoms with Gasteiger partial charge >= 0.3 is 0 Å². The molecule has 0 saturated carbocycles. The van der Waals surface area contributed by atoms with Crippen LogP contribution in [-0.2, 0) is 6.42 Å². The van der Waals surface area contributed by atoms with E-state index < -0.39 is 0 Å². The van der Waals surface area contributed by atoms with Crippen LogP contribution in [0.1, 0.15) is 22.7 Å². The van der Waals surface area contributed by atoms with E-state index in [1.165, 1.54) is 26.8 Å². The van der Waals surface area contributed by atoms with Crippen molar-refractivity contribution in [3.63, 3.8) is 0 Å². The zero-order chi connectivity index (χ0) is 14.1. The number of nitrogens with two attached hydrogens (primary N) is 1. The summed E-state index contributed by atoms with van der Waals surface area (Å²) in [4.78, 5) is 0. The highest BCUT2D eigenvalue weighted by Crippen LogP contribution is 2.29. The predicted octanol–water partition coefficient (Wildman–Crippen LogP) is 5.21. The van der Waals surface area contributed by atoms with Gasteiger partial charge in [-0.3, -0.25) is 0 Å². The van der Waals surface area contributed by atoms with E-state index in [-0.39, 0.29) is 6.04 Å². The Hall–Kier alpha value is -1.16. The minimum atomic E-state index is 0.0415. The smallest absolute Gasteiger partial charge is 0.0345 e. The second-order valence-corrected chi connectivity index (χ2v) is 6.84. The molecule has 3 heteroatoms. The summed E-state index contributed by atoms with van der Waals surface area (Å²) in [5.74, 6) is 0. The Morgan fingerprint density at radius 1 is 1.20 bits per heavy atom. The van der Waals surface area contributed by atoms with Gasteiger partial charge in [-0.05, 0) is 52.9 Å². The lowest BCUT2D eigenvalue weighted by molar-refractivity contribution is 0.726. The van der Waals surface area contributed by atoms with Gasteiger partial charge < -0.3 is 5.73 Å². The molecule has 1 nitrogen and oxygen atoms in total. The van der Waals surface area contributed by atoms with Crippen LogP contribution in [0.3, 0.4) is 0 Å². The van der Waals surface area contributed by atoms with Crippen LogP contribution in [0.4, 0.5) is 0 Å². The number of fused-ring (bicyclic) bond motifs is 1. The largest absolute Gasteiger partial charge is 0.324 e. The van der Waals surface area contributed by atoms with Crippen LogP contribution in [0.15, 0.2) is 52.3 Å². The molecule has 0 amide bonds. The van der Waals surface area contributed by atoms with Crippen LogP contribution in [0, 0.1) is 6.92 Å². The van der Waals surface area contributed by atoms with Crippen molar-refractivity contribution in [2.45, 2.75) is 19.4 Å². The van der Waals surface area contributed by atoms with Gasteiger partial charge in [0, 0.05) is 15.2 Å². The first-order valence-electron chi connectivity index (χ1n) is 6.62. The monoisotopic (exact) mass is 345 g/mol. The number of thiophene rings is 1. The molecule has 2 aromatic carbocycles. The Balaban J connectivity index is 1.88. The third-order valence-corrected chi connectivity index (χ3v) is 5.51. The molecule has 2 N–H and O–H groups in total. The molecule has 0 bridgehead atoms. The van der Waals surface area contributed by atoms with Crippen molar-refractivity contribution in [2.24, 2.45) is 5.73 Å². The van der Waals surface area contributed by atoms with Crippen LogP contribution < -0.4 is 5.73 Å². The Morgan fingerprint density at radius 2 is 2.00 bits per heavy atom. The summed E-state index contributed by atoms with van der Waals surface area (Å²) < 4.78 is 2.47. The standard InChI is InChI=1S/C17H16BrNS/c1-11-8-12(6-7-15(11)18)16(19)9-13-10-20-17-5-3-2-4-14(13)17/h2-8,10,16H,9,19H2,1H3. The average molecular weight is 346 g/mol. The van der Waals surface area contributed by atoms with Crippen LogP contribution >= 0.6 is 27.3 Å². The van der Waals surface area contributed by atoms with Gasteiger partial charge in [-0.15, -0.1) is 11.3 Å². The van der Waals surface area contributed by atoms with E-state index in [0.29, 0.717) is 0 Å². The number of benzene rings is 2. The Kier molecular flexibility index (Phi) is 3.92. The van der Waals surface area contributed by atoms with Crippen LogP contribution in [0.5, 0.6) is 0 Å². The Labute approximate surface area is 131 Å². The lowest BCUT2D eigenvalue weighted by Crippen LogP contribution is -2.13. The summed E-state index contributed by atoms with van der Waals surface area (Å²) >= 11 is 5.33. The third kappa shape index (κ3) is 2.66. The Bertz CT molecular complexity index is 748. The van der Waals surface area contributed by atoms with Crippen molar-refractivity contribution >= 4 is 37.4 Å². The molecule has 0 saturated heterocycles. The number of aryl methyl sites for hydroxylation is 1. The van der Waals surface area contributed by atoms with Crippen molar-refractivity contribution in [1.82, 2.24) is 0 Å². The lowest BCUT2D eigenvalue weighted by Gasteiger charge is -2.13. The summed E-state index contributed by atoms with van der Waals surface area (Å²) in [5.41, 5.74) is 10.2. The highest BCUT2D eigenvalue weighted by molar-refractivity contribution is 9.10. The van der Waals surface area contributed by atoms with Crippen LogP contribution in [0.25, 0.3) is 10.1 Å². The highest BCUT2D eigenvalue weighted by atomic mass is 79.9. The molecule has 0 aliphatic rings. The first-order chi connectivity index (χ1) is 9.65. The van der Waals surface area contributed by atoms with Gasteiger partial charge in [0.25, 0.3) is 0 Å². The first-order valence-corrected chi connectivity index (χ1v) is 8.29. The van der Waals surface area contributed by atoms with Gasteiger partial charge in [0.15, 0.2) is 0 Å². The maximum atomic E-state index is 6.39. The van der Waals surface area contributed by atoms with Crippen molar-refractivity contribution < 1.29 is 0 Å². The zero-order valence-electron chi connectivity index (χ0n) is 11.3. The molecule has 1 atom stereocenters. The zero-order valence-corrected chi connectivity index (χ0v) is 13.7. The van der Waals surface area contributed by atoms with Crippen molar-refractivity contribution in [2.75, 3.05) is 0 Å². The minimum Gasteiger partial charge on any atom is -0.324 e. The molecule has 0 fully saturated rings. The summed E-state index contributed by atoms with van der Waals surface area (Å²) in [5, 5.41) is 3.57.